The molecule has 1 aromatic carbocycles. The first-order chi connectivity index (χ1) is 11.2. The summed E-state index contributed by atoms with van der Waals surface area (Å²) < 4.78 is 10.6. The number of nitrogens with zero attached hydrogens (tertiary/aromatic N) is 2. The van der Waals surface area contributed by atoms with E-state index in [1.165, 1.54) is 6.08 Å². The zero-order chi connectivity index (χ0) is 16.1. The second-order valence-corrected chi connectivity index (χ2v) is 5.65. The number of carbonyl (C=O) groups is 1. The van der Waals surface area contributed by atoms with Crippen LogP contribution in [-0.2, 0) is 16.1 Å². The molecule has 2 aromatic heterocycles. The van der Waals surface area contributed by atoms with Crippen LogP contribution in [-0.4, -0.2) is 16.2 Å². The Morgan fingerprint density at radius 3 is 3.04 bits per heavy atom. The fourth-order valence-electron chi connectivity index (χ4n) is 1.92. The van der Waals surface area contributed by atoms with Gasteiger partial charge in [-0.2, -0.15) is 11.3 Å². The Morgan fingerprint density at radius 1 is 1.35 bits per heavy atom. The van der Waals surface area contributed by atoms with Gasteiger partial charge in [-0.1, -0.05) is 17.7 Å². The van der Waals surface area contributed by atoms with E-state index in [9.17, 15) is 4.79 Å². The Hall–Kier alpha value is -2.73. The monoisotopic (exact) mass is 326 g/mol. The smallest absolute Gasteiger partial charge is 0.331 e. The quantitative estimate of drug-likeness (QED) is 0.526. The maximum Gasteiger partial charge on any atom is 0.331 e. The predicted molar refractivity (Wildman–Crippen MR) is 87.6 cm³/mol. The molecule has 6 heteroatoms. The molecule has 0 saturated carbocycles. The number of ether oxygens (including phenoxy) is 1. The van der Waals surface area contributed by atoms with Gasteiger partial charge in [0.05, 0.1) is 0 Å². The number of benzene rings is 1. The first-order valence-corrected chi connectivity index (χ1v) is 7.91. The Morgan fingerprint density at radius 2 is 2.26 bits per heavy atom. The second kappa shape index (κ2) is 7.02. The Balaban J connectivity index is 1.58. The summed E-state index contributed by atoms with van der Waals surface area (Å²) >= 11 is 1.57. The van der Waals surface area contributed by atoms with Gasteiger partial charge in [-0.25, -0.2) is 4.79 Å². The molecule has 0 fully saturated rings. The molecule has 0 aliphatic carbocycles. The molecule has 0 saturated heterocycles. The van der Waals surface area contributed by atoms with Gasteiger partial charge in [0.25, 0.3) is 5.89 Å². The van der Waals surface area contributed by atoms with E-state index in [1.807, 2.05) is 48.0 Å². The van der Waals surface area contributed by atoms with Crippen molar-refractivity contribution in [1.82, 2.24) is 10.2 Å². The van der Waals surface area contributed by atoms with Gasteiger partial charge < -0.3 is 9.15 Å². The number of esters is 1. The molecule has 0 radical (unpaired) electrons. The molecular formula is C17H14N2O3S. The predicted octanol–water partition coefficient (Wildman–Crippen LogP) is 3.86. The van der Waals surface area contributed by atoms with Crippen LogP contribution in [0.15, 0.2) is 51.6 Å². The average molecular weight is 326 g/mol. The number of rotatable bonds is 5. The van der Waals surface area contributed by atoms with Crippen molar-refractivity contribution in [3.05, 3.63) is 64.2 Å². The topological polar surface area (TPSA) is 65.2 Å². The molecule has 0 spiro atoms. The van der Waals surface area contributed by atoms with E-state index in [0.717, 1.165) is 16.7 Å². The van der Waals surface area contributed by atoms with Crippen molar-refractivity contribution in [2.24, 2.45) is 0 Å². The van der Waals surface area contributed by atoms with E-state index in [-0.39, 0.29) is 12.5 Å². The van der Waals surface area contributed by atoms with Gasteiger partial charge in [0, 0.05) is 11.6 Å². The molecule has 0 bridgehead atoms. The van der Waals surface area contributed by atoms with E-state index in [0.29, 0.717) is 5.89 Å². The van der Waals surface area contributed by atoms with Crippen molar-refractivity contribution < 1.29 is 13.9 Å². The maximum absolute atomic E-state index is 11.6. The number of hydrogen-bond acceptors (Lipinski definition) is 6. The summed E-state index contributed by atoms with van der Waals surface area (Å²) in [6.45, 7) is 1.94. The van der Waals surface area contributed by atoms with Crippen LogP contribution in [0.1, 0.15) is 17.0 Å². The summed E-state index contributed by atoms with van der Waals surface area (Å²) in [4.78, 5) is 11.6. The molecule has 0 unspecified atom stereocenters. The second-order valence-electron chi connectivity index (χ2n) is 4.87. The Bertz CT molecular complexity index is 822. The van der Waals surface area contributed by atoms with Crippen LogP contribution >= 0.6 is 11.3 Å². The van der Waals surface area contributed by atoms with Gasteiger partial charge in [0.15, 0.2) is 6.61 Å². The fourth-order valence-corrected chi connectivity index (χ4v) is 2.55. The van der Waals surface area contributed by atoms with Crippen molar-refractivity contribution in [2.75, 3.05) is 0 Å². The molecule has 116 valence electrons. The highest BCUT2D eigenvalue weighted by Crippen LogP contribution is 2.19. The highest BCUT2D eigenvalue weighted by atomic mass is 32.1. The molecule has 0 atom stereocenters. The first kappa shape index (κ1) is 15.2. The molecular weight excluding hydrogens is 312 g/mol. The zero-order valence-corrected chi connectivity index (χ0v) is 13.2. The number of aryl methyl sites for hydroxylation is 1. The molecule has 5 nitrogen and oxygen atoms in total. The molecule has 2 heterocycles. The van der Waals surface area contributed by atoms with Crippen molar-refractivity contribution >= 4 is 23.4 Å². The highest BCUT2D eigenvalue weighted by Gasteiger charge is 2.10. The highest BCUT2D eigenvalue weighted by molar-refractivity contribution is 7.08. The van der Waals surface area contributed by atoms with Crippen molar-refractivity contribution in [3.63, 3.8) is 0 Å². The third-order valence-corrected chi connectivity index (χ3v) is 3.73. The molecule has 0 aliphatic heterocycles. The van der Waals surface area contributed by atoms with Gasteiger partial charge in [-0.3, -0.25) is 0 Å². The van der Waals surface area contributed by atoms with Crippen LogP contribution < -0.4 is 0 Å². The molecule has 3 aromatic rings. The lowest BCUT2D eigenvalue weighted by molar-refractivity contribution is -0.139. The van der Waals surface area contributed by atoms with Crippen LogP contribution in [0.3, 0.4) is 0 Å². The van der Waals surface area contributed by atoms with Crippen molar-refractivity contribution in [2.45, 2.75) is 13.5 Å². The fraction of sp³-hybridized carbons (Fsp3) is 0.118. The molecule has 23 heavy (non-hydrogen) atoms. The lowest BCUT2D eigenvalue weighted by Crippen LogP contribution is -2.00. The van der Waals surface area contributed by atoms with Crippen molar-refractivity contribution in [3.8, 4) is 11.5 Å². The standard InChI is InChI=1S/C17H14N2O3S/c1-12-3-2-4-14(9-12)17-19-18-15(22-17)10-21-16(20)6-5-13-7-8-23-11-13/h2-9,11H,10H2,1H3/b6-5+. The largest absolute Gasteiger partial charge is 0.452 e. The molecule has 3 rings (SSSR count). The van der Waals surface area contributed by atoms with Crippen molar-refractivity contribution in [1.29, 1.82) is 0 Å². The van der Waals surface area contributed by atoms with Crippen LogP contribution in [0.2, 0.25) is 0 Å². The van der Waals surface area contributed by atoms with Gasteiger partial charge >= 0.3 is 5.97 Å². The van der Waals surface area contributed by atoms with Crippen LogP contribution in [0.4, 0.5) is 0 Å². The summed E-state index contributed by atoms with van der Waals surface area (Å²) in [5, 5.41) is 11.7. The summed E-state index contributed by atoms with van der Waals surface area (Å²) in [6.07, 6.45) is 3.07. The normalized spacial score (nSPS) is 11.0. The minimum atomic E-state index is -0.452. The number of thiophene rings is 1. The minimum absolute atomic E-state index is 0.0500. The van der Waals surface area contributed by atoms with E-state index >= 15 is 0 Å². The Labute approximate surface area is 137 Å². The van der Waals surface area contributed by atoms with E-state index in [1.54, 1.807) is 17.4 Å². The lowest BCUT2D eigenvalue weighted by atomic mass is 10.1. The number of carbonyl (C=O) groups excluding carboxylic acids is 1. The third-order valence-electron chi connectivity index (χ3n) is 3.02. The van der Waals surface area contributed by atoms with Gasteiger partial charge in [0.1, 0.15) is 0 Å². The molecule has 0 amide bonds. The van der Waals surface area contributed by atoms with Gasteiger partial charge in [-0.15, -0.1) is 10.2 Å². The maximum atomic E-state index is 11.6. The number of aromatic nitrogens is 2. The van der Waals surface area contributed by atoms with Gasteiger partial charge in [0.2, 0.25) is 5.89 Å². The third kappa shape index (κ3) is 4.14. The van der Waals surface area contributed by atoms with Crippen LogP contribution in [0.5, 0.6) is 0 Å². The summed E-state index contributed by atoms with van der Waals surface area (Å²) in [6, 6.07) is 9.67. The summed E-state index contributed by atoms with van der Waals surface area (Å²) in [5.41, 5.74) is 2.91. The minimum Gasteiger partial charge on any atom is -0.452 e. The Kier molecular flexibility index (Phi) is 4.63. The van der Waals surface area contributed by atoms with E-state index < -0.39 is 5.97 Å². The zero-order valence-electron chi connectivity index (χ0n) is 12.4. The van der Waals surface area contributed by atoms with E-state index in [2.05, 4.69) is 10.2 Å². The first-order valence-electron chi connectivity index (χ1n) is 6.97. The lowest BCUT2D eigenvalue weighted by Gasteiger charge is -1.97. The average Bonchev–Trinajstić information content (AvgIpc) is 3.22. The van der Waals surface area contributed by atoms with E-state index in [4.69, 9.17) is 9.15 Å². The van der Waals surface area contributed by atoms with Crippen LogP contribution in [0.25, 0.3) is 17.5 Å². The summed E-state index contributed by atoms with van der Waals surface area (Å²) in [5.74, 6) is 0.221. The summed E-state index contributed by atoms with van der Waals surface area (Å²) in [7, 11) is 0. The number of hydrogen-bond donors (Lipinski definition) is 0. The van der Waals surface area contributed by atoms with Gasteiger partial charge in [-0.05, 0) is 47.5 Å². The SMILES string of the molecule is Cc1cccc(-c2nnc(COC(=O)/C=C/c3ccsc3)o2)c1. The van der Waals surface area contributed by atoms with Crippen LogP contribution in [0, 0.1) is 6.92 Å². The molecule has 0 aliphatic rings. The molecule has 0 N–H and O–H groups in total.